The Morgan fingerprint density at radius 3 is 2.79 bits per heavy atom. The Morgan fingerprint density at radius 2 is 2.05 bits per heavy atom. The van der Waals surface area contributed by atoms with Gasteiger partial charge in [-0.1, -0.05) is 15.9 Å². The van der Waals surface area contributed by atoms with Crippen molar-refractivity contribution >= 4 is 44.1 Å². The molecule has 0 unspecified atom stereocenters. The highest BCUT2D eigenvalue weighted by Gasteiger charge is 2.12. The van der Waals surface area contributed by atoms with Gasteiger partial charge < -0.3 is 5.11 Å². The van der Waals surface area contributed by atoms with Gasteiger partial charge in [0.1, 0.15) is 11.2 Å². The number of aromatic carboxylic acids is 1. The summed E-state index contributed by atoms with van der Waals surface area (Å²) >= 11 is 4.63. The third kappa shape index (κ3) is 2.24. The number of carbonyl (C=O) groups is 1. The van der Waals surface area contributed by atoms with Gasteiger partial charge in [0, 0.05) is 9.86 Å². The fraction of sp³-hybridized carbons (Fsp3) is 0. The van der Waals surface area contributed by atoms with Crippen LogP contribution in [0, 0.1) is 0 Å². The van der Waals surface area contributed by atoms with E-state index in [1.54, 1.807) is 12.1 Å². The molecular weight excluding hydrogens is 328 g/mol. The first-order valence-corrected chi connectivity index (χ1v) is 7.00. The fourth-order valence-corrected chi connectivity index (χ4v) is 3.02. The average molecular weight is 335 g/mol. The first-order valence-electron chi connectivity index (χ1n) is 5.39. The van der Waals surface area contributed by atoms with Gasteiger partial charge in [-0.05, 0) is 30.3 Å². The van der Waals surface area contributed by atoms with Gasteiger partial charge in [-0.15, -0.1) is 11.3 Å². The van der Waals surface area contributed by atoms with Crippen LogP contribution >= 0.6 is 27.3 Å². The van der Waals surface area contributed by atoms with Crippen LogP contribution in [0.1, 0.15) is 9.67 Å². The molecule has 0 amide bonds. The van der Waals surface area contributed by atoms with E-state index in [0.29, 0.717) is 4.88 Å². The highest BCUT2D eigenvalue weighted by Crippen LogP contribution is 2.32. The monoisotopic (exact) mass is 334 g/mol. The topological polar surface area (TPSA) is 63.1 Å². The van der Waals surface area contributed by atoms with Gasteiger partial charge in [0.05, 0.1) is 16.1 Å². The second kappa shape index (κ2) is 4.71. The molecule has 0 fully saturated rings. The largest absolute Gasteiger partial charge is 0.477 e. The van der Waals surface area contributed by atoms with Crippen LogP contribution in [0.4, 0.5) is 0 Å². The number of halogens is 1. The van der Waals surface area contributed by atoms with Gasteiger partial charge in [0.2, 0.25) is 0 Å². The number of hydrogen-bond acceptors (Lipinski definition) is 4. The van der Waals surface area contributed by atoms with E-state index in [0.717, 1.165) is 25.9 Å². The van der Waals surface area contributed by atoms with Crippen molar-refractivity contribution in [3.05, 3.63) is 46.0 Å². The lowest BCUT2D eigenvalue weighted by molar-refractivity contribution is 0.0702. The quantitative estimate of drug-likeness (QED) is 0.773. The molecule has 3 rings (SSSR count). The Hall–Kier alpha value is -1.79. The lowest BCUT2D eigenvalue weighted by Crippen LogP contribution is -1.89. The predicted molar refractivity (Wildman–Crippen MR) is 77.5 cm³/mol. The Labute approximate surface area is 120 Å². The van der Waals surface area contributed by atoms with Crippen LogP contribution < -0.4 is 0 Å². The first kappa shape index (κ1) is 12.3. The predicted octanol–water partition coefficient (Wildman–Crippen LogP) is 3.82. The summed E-state index contributed by atoms with van der Waals surface area (Å²) < 4.78 is 0.936. The van der Waals surface area contributed by atoms with E-state index in [2.05, 4.69) is 25.9 Å². The van der Waals surface area contributed by atoms with E-state index in [-0.39, 0.29) is 0 Å². The lowest BCUT2D eigenvalue weighted by Gasteiger charge is -2.03. The van der Waals surface area contributed by atoms with E-state index in [4.69, 9.17) is 5.11 Å². The molecule has 0 radical (unpaired) electrons. The van der Waals surface area contributed by atoms with Crippen LogP contribution in [-0.4, -0.2) is 21.0 Å². The molecule has 4 nitrogen and oxygen atoms in total. The Bertz CT molecular complexity index is 785. The summed E-state index contributed by atoms with van der Waals surface area (Å²) in [6.45, 7) is 0. The normalized spacial score (nSPS) is 10.8. The molecule has 2 aromatic heterocycles. The number of fused-ring (bicyclic) bond motifs is 1. The maximum atomic E-state index is 10.9. The second-order valence-electron chi connectivity index (χ2n) is 3.85. The van der Waals surface area contributed by atoms with Crippen molar-refractivity contribution in [1.82, 2.24) is 9.97 Å². The summed E-state index contributed by atoms with van der Waals surface area (Å²) in [5.74, 6) is -0.921. The molecule has 0 aliphatic rings. The molecule has 2 heterocycles. The average Bonchev–Trinajstić information content (AvgIpc) is 2.87. The van der Waals surface area contributed by atoms with Crippen molar-refractivity contribution in [3.8, 4) is 10.6 Å². The number of benzene rings is 1. The number of rotatable bonds is 2. The smallest absolute Gasteiger partial charge is 0.345 e. The van der Waals surface area contributed by atoms with Crippen molar-refractivity contribution < 1.29 is 9.90 Å². The molecule has 0 saturated heterocycles. The van der Waals surface area contributed by atoms with Crippen molar-refractivity contribution in [2.45, 2.75) is 0 Å². The summed E-state index contributed by atoms with van der Waals surface area (Å²) in [6, 6.07) is 9.11. The van der Waals surface area contributed by atoms with Crippen molar-refractivity contribution in [3.63, 3.8) is 0 Å². The lowest BCUT2D eigenvalue weighted by atomic mass is 10.1. The molecule has 1 aromatic carbocycles. The zero-order valence-corrected chi connectivity index (χ0v) is 11.9. The molecule has 0 saturated carbocycles. The van der Waals surface area contributed by atoms with E-state index in [1.807, 2.05) is 18.2 Å². The van der Waals surface area contributed by atoms with Crippen LogP contribution in [0.2, 0.25) is 0 Å². The van der Waals surface area contributed by atoms with Crippen LogP contribution in [-0.2, 0) is 0 Å². The number of thiophene rings is 1. The zero-order valence-electron chi connectivity index (χ0n) is 9.50. The molecule has 3 aromatic rings. The van der Waals surface area contributed by atoms with Gasteiger partial charge in [0.25, 0.3) is 0 Å². The van der Waals surface area contributed by atoms with E-state index < -0.39 is 5.97 Å². The van der Waals surface area contributed by atoms with Gasteiger partial charge in [-0.25, -0.2) is 14.8 Å². The summed E-state index contributed by atoms with van der Waals surface area (Å²) in [4.78, 5) is 20.5. The van der Waals surface area contributed by atoms with Crippen LogP contribution in [0.3, 0.4) is 0 Å². The van der Waals surface area contributed by atoms with Gasteiger partial charge >= 0.3 is 5.97 Å². The number of aromatic nitrogens is 2. The molecular formula is C13H7BrN2O2S. The zero-order chi connectivity index (χ0) is 13.4. The number of hydrogen-bond donors (Lipinski definition) is 1. The van der Waals surface area contributed by atoms with Crippen LogP contribution in [0.25, 0.3) is 21.5 Å². The SMILES string of the molecule is O=C(O)c1ccc(-c2ncnc3ccc(Br)cc23)s1. The van der Waals surface area contributed by atoms with E-state index in [9.17, 15) is 4.79 Å². The minimum atomic E-state index is -0.921. The maximum absolute atomic E-state index is 10.9. The van der Waals surface area contributed by atoms with Gasteiger partial charge in [0.15, 0.2) is 0 Å². The molecule has 0 atom stereocenters. The second-order valence-corrected chi connectivity index (χ2v) is 5.85. The third-order valence-electron chi connectivity index (χ3n) is 2.65. The van der Waals surface area contributed by atoms with Crippen molar-refractivity contribution in [2.24, 2.45) is 0 Å². The summed E-state index contributed by atoms with van der Waals surface area (Å²) in [5.41, 5.74) is 1.59. The number of carboxylic acids is 1. The molecule has 1 N–H and O–H groups in total. The van der Waals surface area contributed by atoms with Crippen molar-refractivity contribution in [1.29, 1.82) is 0 Å². The maximum Gasteiger partial charge on any atom is 0.345 e. The van der Waals surface area contributed by atoms with Gasteiger partial charge in [-0.2, -0.15) is 0 Å². The molecule has 0 spiro atoms. The Kier molecular flexibility index (Phi) is 3.04. The van der Waals surface area contributed by atoms with Crippen molar-refractivity contribution in [2.75, 3.05) is 0 Å². The highest BCUT2D eigenvalue weighted by atomic mass is 79.9. The molecule has 94 valence electrons. The minimum absolute atomic E-state index is 0.303. The van der Waals surface area contributed by atoms with Crippen LogP contribution in [0.5, 0.6) is 0 Å². The Balaban J connectivity index is 2.23. The van der Waals surface area contributed by atoms with Gasteiger partial charge in [-0.3, -0.25) is 0 Å². The standard InChI is InChI=1S/C13H7BrN2O2S/c14-7-1-2-9-8(5-7)12(16-6-15-9)10-3-4-11(19-10)13(17)18/h1-6H,(H,17,18). The molecule has 0 aliphatic carbocycles. The van der Waals surface area contributed by atoms with Crippen LogP contribution in [0.15, 0.2) is 41.1 Å². The summed E-state index contributed by atoms with van der Waals surface area (Å²) in [6.07, 6.45) is 1.49. The molecule has 19 heavy (non-hydrogen) atoms. The first-order chi connectivity index (χ1) is 9.15. The number of nitrogens with zero attached hydrogens (tertiary/aromatic N) is 2. The third-order valence-corrected chi connectivity index (χ3v) is 4.22. The summed E-state index contributed by atoms with van der Waals surface area (Å²) in [5, 5.41) is 9.87. The molecule has 0 bridgehead atoms. The number of carboxylic acid groups (broad SMARTS) is 1. The van der Waals surface area contributed by atoms with E-state index >= 15 is 0 Å². The fourth-order valence-electron chi connectivity index (χ4n) is 1.81. The highest BCUT2D eigenvalue weighted by molar-refractivity contribution is 9.10. The molecule has 6 heteroatoms. The Morgan fingerprint density at radius 1 is 1.21 bits per heavy atom. The summed E-state index contributed by atoms with van der Waals surface area (Å²) in [7, 11) is 0. The van der Waals surface area contributed by atoms with E-state index in [1.165, 1.54) is 17.7 Å². The minimum Gasteiger partial charge on any atom is -0.477 e. The molecule has 0 aliphatic heterocycles.